The maximum Gasteiger partial charge on any atom is 0.0757 e. The van der Waals surface area contributed by atoms with Gasteiger partial charge in [0.2, 0.25) is 0 Å². The van der Waals surface area contributed by atoms with Crippen LogP contribution in [0, 0.1) is 0 Å². The number of hydrogen-bond acceptors (Lipinski definition) is 4. The second-order valence-electron chi connectivity index (χ2n) is 7.41. The van der Waals surface area contributed by atoms with E-state index in [0.29, 0.717) is 6.10 Å². The fraction of sp³-hybridized carbons (Fsp3) is 1.00. The average molecular weight is 269 g/mol. The van der Waals surface area contributed by atoms with Crippen LogP contribution in [0.15, 0.2) is 0 Å². The van der Waals surface area contributed by atoms with Crippen LogP contribution in [-0.4, -0.2) is 72.9 Å². The smallest absolute Gasteiger partial charge is 0.0757 e. The molecule has 0 aromatic carbocycles. The van der Waals surface area contributed by atoms with Crippen molar-refractivity contribution in [1.29, 1.82) is 0 Å². The van der Waals surface area contributed by atoms with Gasteiger partial charge in [0.15, 0.2) is 0 Å². The van der Waals surface area contributed by atoms with Crippen LogP contribution in [0.3, 0.4) is 0 Å². The summed E-state index contributed by atoms with van der Waals surface area (Å²) < 4.78 is 6.00. The zero-order chi connectivity index (χ0) is 14.1. The quantitative estimate of drug-likeness (QED) is 0.832. The van der Waals surface area contributed by atoms with Gasteiger partial charge in [-0.3, -0.25) is 9.80 Å². The third-order valence-electron chi connectivity index (χ3n) is 4.22. The van der Waals surface area contributed by atoms with Crippen molar-refractivity contribution in [1.82, 2.24) is 15.1 Å². The van der Waals surface area contributed by atoms with Crippen molar-refractivity contribution in [3.63, 3.8) is 0 Å². The van der Waals surface area contributed by atoms with Gasteiger partial charge in [0.1, 0.15) is 0 Å². The Morgan fingerprint density at radius 2 is 1.89 bits per heavy atom. The van der Waals surface area contributed by atoms with Crippen LogP contribution in [0.5, 0.6) is 0 Å². The Labute approximate surface area is 118 Å². The van der Waals surface area contributed by atoms with Crippen molar-refractivity contribution < 1.29 is 4.74 Å². The van der Waals surface area contributed by atoms with E-state index in [1.54, 1.807) is 0 Å². The monoisotopic (exact) mass is 269 g/mol. The Morgan fingerprint density at radius 1 is 1.26 bits per heavy atom. The third kappa shape index (κ3) is 4.15. The predicted octanol–water partition coefficient (Wildman–Crippen LogP) is 1.17. The molecule has 2 aliphatic rings. The lowest BCUT2D eigenvalue weighted by Crippen LogP contribution is -2.61. The SMILES string of the molecule is CC1CN(CC(C)(C)N2CCNCC2)CC(C)(C)O1. The minimum absolute atomic E-state index is 0.0167. The number of rotatable bonds is 3. The lowest BCUT2D eigenvalue weighted by molar-refractivity contribution is -0.135. The summed E-state index contributed by atoms with van der Waals surface area (Å²) in [7, 11) is 0. The molecule has 0 aliphatic carbocycles. The predicted molar refractivity (Wildman–Crippen MR) is 79.6 cm³/mol. The van der Waals surface area contributed by atoms with Crippen LogP contribution in [0.4, 0.5) is 0 Å². The fourth-order valence-electron chi connectivity index (χ4n) is 3.62. The molecule has 2 heterocycles. The van der Waals surface area contributed by atoms with Gasteiger partial charge in [-0.2, -0.15) is 0 Å². The fourth-order valence-corrected chi connectivity index (χ4v) is 3.62. The van der Waals surface area contributed by atoms with Crippen LogP contribution in [0.2, 0.25) is 0 Å². The first kappa shape index (κ1) is 15.2. The Balaban J connectivity index is 1.94. The Hall–Kier alpha value is -0.160. The number of hydrogen-bond donors (Lipinski definition) is 1. The van der Waals surface area contributed by atoms with E-state index in [2.05, 4.69) is 49.7 Å². The van der Waals surface area contributed by atoms with E-state index in [9.17, 15) is 0 Å². The zero-order valence-corrected chi connectivity index (χ0v) is 13.3. The normalized spacial score (nSPS) is 30.5. The summed E-state index contributed by atoms with van der Waals surface area (Å²) in [6.45, 7) is 19.1. The molecule has 112 valence electrons. The molecule has 1 N–H and O–H groups in total. The maximum atomic E-state index is 6.00. The van der Waals surface area contributed by atoms with E-state index < -0.39 is 0 Å². The highest BCUT2D eigenvalue weighted by atomic mass is 16.5. The molecule has 1 atom stereocenters. The van der Waals surface area contributed by atoms with Crippen LogP contribution in [0.25, 0.3) is 0 Å². The molecule has 0 aromatic heterocycles. The second kappa shape index (κ2) is 5.68. The van der Waals surface area contributed by atoms with E-state index in [4.69, 9.17) is 4.74 Å². The number of ether oxygens (including phenoxy) is 1. The number of morpholine rings is 1. The van der Waals surface area contributed by atoms with Crippen molar-refractivity contribution >= 4 is 0 Å². The molecular formula is C15H31N3O. The second-order valence-corrected chi connectivity index (χ2v) is 7.41. The lowest BCUT2D eigenvalue weighted by atomic mass is 9.98. The zero-order valence-electron chi connectivity index (χ0n) is 13.3. The van der Waals surface area contributed by atoms with Crippen molar-refractivity contribution in [2.45, 2.75) is 51.9 Å². The summed E-state index contributed by atoms with van der Waals surface area (Å²) in [5, 5.41) is 3.44. The molecule has 4 heteroatoms. The first-order valence-corrected chi connectivity index (χ1v) is 7.64. The largest absolute Gasteiger partial charge is 0.370 e. The van der Waals surface area contributed by atoms with Crippen LogP contribution >= 0.6 is 0 Å². The van der Waals surface area contributed by atoms with Gasteiger partial charge in [-0.05, 0) is 34.6 Å². The first-order chi connectivity index (χ1) is 8.78. The van der Waals surface area contributed by atoms with Crippen molar-refractivity contribution in [2.75, 3.05) is 45.8 Å². The van der Waals surface area contributed by atoms with Crippen molar-refractivity contribution in [3.8, 4) is 0 Å². The first-order valence-electron chi connectivity index (χ1n) is 7.64. The Kier molecular flexibility index (Phi) is 4.56. The highest BCUT2D eigenvalue weighted by Crippen LogP contribution is 2.24. The number of nitrogens with one attached hydrogen (secondary N) is 1. The molecular weight excluding hydrogens is 238 g/mol. The van der Waals surface area contributed by atoms with Gasteiger partial charge in [0.25, 0.3) is 0 Å². The van der Waals surface area contributed by atoms with Gasteiger partial charge < -0.3 is 10.1 Å². The standard InChI is InChI=1S/C15H31N3O/c1-13-10-17(12-15(4,5)19-13)11-14(2,3)18-8-6-16-7-9-18/h13,16H,6-12H2,1-5H3. The summed E-state index contributed by atoms with van der Waals surface area (Å²) in [5.41, 5.74) is 0.229. The van der Waals surface area contributed by atoms with Crippen molar-refractivity contribution in [2.24, 2.45) is 0 Å². The molecule has 2 rings (SSSR count). The average Bonchev–Trinajstić information content (AvgIpc) is 2.26. The maximum absolute atomic E-state index is 6.00. The van der Waals surface area contributed by atoms with Gasteiger partial charge >= 0.3 is 0 Å². The molecule has 0 saturated carbocycles. The highest BCUT2D eigenvalue weighted by Gasteiger charge is 2.36. The molecule has 0 spiro atoms. The molecule has 0 aromatic rings. The molecule has 4 nitrogen and oxygen atoms in total. The van der Waals surface area contributed by atoms with E-state index >= 15 is 0 Å². The molecule has 2 saturated heterocycles. The Morgan fingerprint density at radius 3 is 2.47 bits per heavy atom. The van der Waals surface area contributed by atoms with E-state index in [1.165, 1.54) is 0 Å². The summed E-state index contributed by atoms with van der Waals surface area (Å²) >= 11 is 0. The van der Waals surface area contributed by atoms with Crippen LogP contribution in [-0.2, 0) is 4.74 Å². The van der Waals surface area contributed by atoms with Crippen LogP contribution < -0.4 is 5.32 Å². The molecule has 0 amide bonds. The number of nitrogens with zero attached hydrogens (tertiary/aromatic N) is 2. The summed E-state index contributed by atoms with van der Waals surface area (Å²) in [5.74, 6) is 0. The van der Waals surface area contributed by atoms with E-state index in [-0.39, 0.29) is 11.1 Å². The van der Waals surface area contributed by atoms with Gasteiger partial charge in [-0.15, -0.1) is 0 Å². The van der Waals surface area contributed by atoms with E-state index in [0.717, 1.165) is 45.8 Å². The van der Waals surface area contributed by atoms with Crippen LogP contribution in [0.1, 0.15) is 34.6 Å². The van der Waals surface area contributed by atoms with Gasteiger partial charge in [-0.1, -0.05) is 0 Å². The lowest BCUT2D eigenvalue weighted by Gasteiger charge is -2.48. The van der Waals surface area contributed by atoms with Gasteiger partial charge in [0.05, 0.1) is 11.7 Å². The Bertz CT molecular complexity index is 298. The minimum Gasteiger partial charge on any atom is -0.370 e. The third-order valence-corrected chi connectivity index (χ3v) is 4.22. The van der Waals surface area contributed by atoms with Crippen molar-refractivity contribution in [3.05, 3.63) is 0 Å². The molecule has 2 fully saturated rings. The molecule has 1 unspecified atom stereocenters. The molecule has 19 heavy (non-hydrogen) atoms. The number of piperazine rings is 1. The summed E-state index contributed by atoms with van der Waals surface area (Å²) in [6, 6.07) is 0. The molecule has 0 radical (unpaired) electrons. The summed E-state index contributed by atoms with van der Waals surface area (Å²) in [6.07, 6.45) is 0.336. The topological polar surface area (TPSA) is 27.7 Å². The summed E-state index contributed by atoms with van der Waals surface area (Å²) in [4.78, 5) is 5.20. The molecule has 2 aliphatic heterocycles. The molecule has 0 bridgehead atoms. The van der Waals surface area contributed by atoms with E-state index in [1.807, 2.05) is 0 Å². The van der Waals surface area contributed by atoms with Gasteiger partial charge in [-0.25, -0.2) is 0 Å². The highest BCUT2D eigenvalue weighted by molar-refractivity contribution is 4.91. The minimum atomic E-state index is -0.0167. The van der Waals surface area contributed by atoms with Gasteiger partial charge in [0, 0.05) is 51.4 Å².